The van der Waals surface area contributed by atoms with Crippen LogP contribution in [0.25, 0.3) is 0 Å². The van der Waals surface area contributed by atoms with E-state index in [9.17, 15) is 4.79 Å². The number of pyridine rings is 1. The average Bonchev–Trinajstić information content (AvgIpc) is 2.41. The van der Waals surface area contributed by atoms with Gasteiger partial charge in [0.1, 0.15) is 0 Å². The molecule has 0 saturated carbocycles. The van der Waals surface area contributed by atoms with Crippen LogP contribution in [0.1, 0.15) is 12.1 Å². The van der Waals surface area contributed by atoms with Crippen molar-refractivity contribution in [3.05, 3.63) is 30.1 Å². The Morgan fingerprint density at radius 2 is 2.50 bits per heavy atom. The maximum absolute atomic E-state index is 12.0. The molecule has 0 aromatic carbocycles. The molecule has 1 N–H and O–H groups in total. The molecule has 0 bridgehead atoms. The number of nitrogens with one attached hydrogen (secondary N) is 1. The first-order valence-electron chi connectivity index (χ1n) is 6.20. The zero-order valence-corrected chi connectivity index (χ0v) is 10.6. The van der Waals surface area contributed by atoms with Crippen LogP contribution in [-0.2, 0) is 16.1 Å². The SMILES string of the molecule is CN(Cc1ccccn1)C(=O)CC1COCCN1. The lowest BCUT2D eigenvalue weighted by atomic mass is 10.2. The Bertz CT molecular complexity index is 377. The van der Waals surface area contributed by atoms with Gasteiger partial charge in [-0.1, -0.05) is 6.07 Å². The van der Waals surface area contributed by atoms with Crippen LogP contribution in [-0.4, -0.2) is 48.6 Å². The van der Waals surface area contributed by atoms with E-state index in [-0.39, 0.29) is 11.9 Å². The van der Waals surface area contributed by atoms with Crippen LogP contribution < -0.4 is 5.32 Å². The predicted molar refractivity (Wildman–Crippen MR) is 67.9 cm³/mol. The summed E-state index contributed by atoms with van der Waals surface area (Å²) in [5, 5.41) is 3.28. The Morgan fingerprint density at radius 3 is 3.17 bits per heavy atom. The summed E-state index contributed by atoms with van der Waals surface area (Å²) in [6.45, 7) is 2.72. The van der Waals surface area contributed by atoms with Gasteiger partial charge in [-0.15, -0.1) is 0 Å². The Kier molecular flexibility index (Phi) is 4.66. The molecule has 1 saturated heterocycles. The lowest BCUT2D eigenvalue weighted by Gasteiger charge is -2.25. The molecule has 0 spiro atoms. The average molecular weight is 249 g/mol. The molecule has 5 heteroatoms. The molecule has 2 heterocycles. The Morgan fingerprint density at radius 1 is 1.61 bits per heavy atom. The fraction of sp³-hybridized carbons (Fsp3) is 0.538. The number of hydrogen-bond donors (Lipinski definition) is 1. The third kappa shape index (κ3) is 3.78. The van der Waals surface area contributed by atoms with Crippen molar-refractivity contribution in [3.63, 3.8) is 0 Å². The summed E-state index contributed by atoms with van der Waals surface area (Å²) in [5.41, 5.74) is 0.904. The normalized spacial score (nSPS) is 19.5. The Labute approximate surface area is 107 Å². The van der Waals surface area contributed by atoms with Gasteiger partial charge in [-0.25, -0.2) is 0 Å². The topological polar surface area (TPSA) is 54.5 Å². The second-order valence-corrected chi connectivity index (χ2v) is 4.50. The minimum Gasteiger partial charge on any atom is -0.378 e. The summed E-state index contributed by atoms with van der Waals surface area (Å²) in [4.78, 5) is 17.9. The van der Waals surface area contributed by atoms with Crippen LogP contribution in [0.4, 0.5) is 0 Å². The first-order valence-corrected chi connectivity index (χ1v) is 6.20. The first kappa shape index (κ1) is 13.0. The van der Waals surface area contributed by atoms with Crippen LogP contribution in [0.5, 0.6) is 0 Å². The van der Waals surface area contributed by atoms with E-state index in [0.717, 1.165) is 18.8 Å². The van der Waals surface area contributed by atoms with Crippen molar-refractivity contribution in [2.45, 2.75) is 19.0 Å². The second-order valence-electron chi connectivity index (χ2n) is 4.50. The highest BCUT2D eigenvalue weighted by atomic mass is 16.5. The molecule has 1 unspecified atom stereocenters. The van der Waals surface area contributed by atoms with Crippen molar-refractivity contribution in [1.82, 2.24) is 15.2 Å². The molecule has 1 amide bonds. The van der Waals surface area contributed by atoms with Gasteiger partial charge in [-0.2, -0.15) is 0 Å². The number of nitrogens with zero attached hydrogens (tertiary/aromatic N) is 2. The second kappa shape index (κ2) is 6.47. The molecule has 1 aromatic rings. The van der Waals surface area contributed by atoms with Gasteiger partial charge < -0.3 is 15.0 Å². The Hall–Kier alpha value is -1.46. The maximum Gasteiger partial charge on any atom is 0.224 e. The fourth-order valence-electron chi connectivity index (χ4n) is 1.94. The van der Waals surface area contributed by atoms with Crippen LogP contribution in [0, 0.1) is 0 Å². The summed E-state index contributed by atoms with van der Waals surface area (Å²) >= 11 is 0. The smallest absolute Gasteiger partial charge is 0.224 e. The van der Waals surface area contributed by atoms with E-state index < -0.39 is 0 Å². The van der Waals surface area contributed by atoms with E-state index in [1.807, 2.05) is 18.2 Å². The lowest BCUT2D eigenvalue weighted by Crippen LogP contribution is -2.44. The van der Waals surface area contributed by atoms with Gasteiger partial charge in [0.2, 0.25) is 5.91 Å². The minimum atomic E-state index is 0.114. The number of rotatable bonds is 4. The molecule has 1 aliphatic rings. The standard InChI is InChI=1S/C13H19N3O2/c1-16(9-11-4-2-3-5-14-11)13(17)8-12-10-18-7-6-15-12/h2-5,12,15H,6-10H2,1H3. The van der Waals surface area contributed by atoms with Crippen molar-refractivity contribution >= 4 is 5.91 Å². The van der Waals surface area contributed by atoms with E-state index in [2.05, 4.69) is 10.3 Å². The summed E-state index contributed by atoms with van der Waals surface area (Å²) in [6.07, 6.45) is 2.22. The molecular weight excluding hydrogens is 230 g/mol. The summed E-state index contributed by atoms with van der Waals surface area (Å²) in [7, 11) is 1.81. The van der Waals surface area contributed by atoms with Gasteiger partial charge in [0.25, 0.3) is 0 Å². The molecule has 18 heavy (non-hydrogen) atoms. The Balaban J connectivity index is 1.81. The highest BCUT2D eigenvalue weighted by molar-refractivity contribution is 5.76. The van der Waals surface area contributed by atoms with Gasteiger partial charge in [0, 0.05) is 32.3 Å². The van der Waals surface area contributed by atoms with Crippen molar-refractivity contribution in [3.8, 4) is 0 Å². The van der Waals surface area contributed by atoms with E-state index in [4.69, 9.17) is 4.74 Å². The maximum atomic E-state index is 12.0. The van der Waals surface area contributed by atoms with Crippen molar-refractivity contribution in [2.75, 3.05) is 26.8 Å². The molecule has 1 fully saturated rings. The summed E-state index contributed by atoms with van der Waals surface area (Å²) < 4.78 is 5.34. The lowest BCUT2D eigenvalue weighted by molar-refractivity contribution is -0.131. The highest BCUT2D eigenvalue weighted by Crippen LogP contribution is 2.05. The third-order valence-electron chi connectivity index (χ3n) is 2.97. The number of morpholine rings is 1. The largest absolute Gasteiger partial charge is 0.378 e. The van der Waals surface area contributed by atoms with Crippen LogP contribution >= 0.6 is 0 Å². The van der Waals surface area contributed by atoms with E-state index in [0.29, 0.717) is 19.6 Å². The van der Waals surface area contributed by atoms with Crippen LogP contribution in [0.15, 0.2) is 24.4 Å². The quantitative estimate of drug-likeness (QED) is 0.840. The van der Waals surface area contributed by atoms with E-state index in [1.54, 1.807) is 18.1 Å². The fourth-order valence-corrected chi connectivity index (χ4v) is 1.94. The number of carbonyl (C=O) groups excluding carboxylic acids is 1. The molecule has 1 atom stereocenters. The minimum absolute atomic E-state index is 0.114. The van der Waals surface area contributed by atoms with Crippen LogP contribution in [0.2, 0.25) is 0 Å². The van der Waals surface area contributed by atoms with Crippen molar-refractivity contribution in [1.29, 1.82) is 0 Å². The molecular formula is C13H19N3O2. The van der Waals surface area contributed by atoms with Crippen LogP contribution in [0.3, 0.4) is 0 Å². The molecule has 5 nitrogen and oxygen atoms in total. The number of aromatic nitrogens is 1. The van der Waals surface area contributed by atoms with E-state index >= 15 is 0 Å². The van der Waals surface area contributed by atoms with Gasteiger partial charge in [0.05, 0.1) is 25.5 Å². The third-order valence-corrected chi connectivity index (χ3v) is 2.97. The van der Waals surface area contributed by atoms with E-state index in [1.165, 1.54) is 0 Å². The van der Waals surface area contributed by atoms with Gasteiger partial charge in [-0.05, 0) is 12.1 Å². The zero-order valence-electron chi connectivity index (χ0n) is 10.6. The summed E-state index contributed by atoms with van der Waals surface area (Å²) in [5.74, 6) is 0.114. The van der Waals surface area contributed by atoms with Crippen molar-refractivity contribution < 1.29 is 9.53 Å². The van der Waals surface area contributed by atoms with Gasteiger partial charge in [0.15, 0.2) is 0 Å². The number of hydrogen-bond acceptors (Lipinski definition) is 4. The molecule has 1 aromatic heterocycles. The molecule has 1 aliphatic heterocycles. The number of ether oxygens (including phenoxy) is 1. The van der Waals surface area contributed by atoms with Gasteiger partial charge >= 0.3 is 0 Å². The first-order chi connectivity index (χ1) is 8.75. The van der Waals surface area contributed by atoms with Gasteiger partial charge in [-0.3, -0.25) is 9.78 Å². The predicted octanol–water partition coefficient (Wildman–Crippen LogP) is 0.418. The number of carbonyl (C=O) groups is 1. The zero-order chi connectivity index (χ0) is 12.8. The molecule has 98 valence electrons. The van der Waals surface area contributed by atoms with Crippen molar-refractivity contribution in [2.24, 2.45) is 0 Å². The molecule has 0 radical (unpaired) electrons. The number of amides is 1. The highest BCUT2D eigenvalue weighted by Gasteiger charge is 2.19. The molecule has 0 aliphatic carbocycles. The summed E-state index contributed by atoms with van der Waals surface area (Å²) in [6, 6.07) is 5.86. The monoisotopic (exact) mass is 249 g/mol. The molecule has 2 rings (SSSR count).